The number of alkyl halides is 3. The van der Waals surface area contributed by atoms with E-state index in [9.17, 15) is 18.0 Å². The summed E-state index contributed by atoms with van der Waals surface area (Å²) in [4.78, 5) is 10.4. The second-order valence-electron chi connectivity index (χ2n) is 5.15. The predicted molar refractivity (Wildman–Crippen MR) is 90.6 cm³/mol. The van der Waals surface area contributed by atoms with Crippen molar-refractivity contribution < 1.29 is 22.7 Å². The number of carbonyl (C=O) groups is 1. The molecule has 0 bridgehead atoms. The molecular weight excluding hydrogens is 333 g/mol. The van der Waals surface area contributed by atoms with Crippen molar-refractivity contribution in [3.05, 3.63) is 65.2 Å². The lowest BCUT2D eigenvalue weighted by atomic mass is 10.1. The molecule has 1 heterocycles. The lowest BCUT2D eigenvalue weighted by molar-refractivity contribution is -0.137. The minimum Gasteiger partial charge on any atom is -0.493 e. The number of rotatable bonds is 1. The number of hydrogen-bond acceptors (Lipinski definition) is 3. The van der Waals surface area contributed by atoms with Gasteiger partial charge in [0.1, 0.15) is 5.75 Å². The van der Waals surface area contributed by atoms with Gasteiger partial charge in [-0.15, -0.1) is 0 Å². The van der Waals surface area contributed by atoms with Crippen molar-refractivity contribution >= 4 is 5.91 Å². The summed E-state index contributed by atoms with van der Waals surface area (Å²) < 4.78 is 41.7. The van der Waals surface area contributed by atoms with Crippen molar-refractivity contribution in [2.45, 2.75) is 12.6 Å². The van der Waals surface area contributed by atoms with Crippen molar-refractivity contribution in [2.75, 3.05) is 20.7 Å². The Hall–Kier alpha value is -2.54. The Labute approximate surface area is 144 Å². The van der Waals surface area contributed by atoms with Gasteiger partial charge in [0.2, 0.25) is 5.91 Å². The zero-order valence-corrected chi connectivity index (χ0v) is 14.1. The zero-order valence-electron chi connectivity index (χ0n) is 14.1. The summed E-state index contributed by atoms with van der Waals surface area (Å²) in [5, 5.41) is 2.75. The summed E-state index contributed by atoms with van der Waals surface area (Å²) in [6, 6.07) is 12.3. The number of ether oxygens (including phenoxy) is 1. The Morgan fingerprint density at radius 1 is 1.12 bits per heavy atom. The molecule has 1 aliphatic heterocycles. The van der Waals surface area contributed by atoms with Crippen LogP contribution in [0.5, 0.6) is 5.75 Å². The molecule has 0 atom stereocenters. The molecule has 7 heteroatoms. The van der Waals surface area contributed by atoms with Gasteiger partial charge in [0.15, 0.2) is 0 Å². The standard InChI is InChI=1S/C9H7F3O.C7H7NO.C2H7N/c10-9(11,12)7-1-2-8-6(5-7)3-4-13-8;8-7(9)6-4-2-1-3-5-6;1-3-2/h1-2,5H,3-4H2;1-5H,(H2,8,9);3H,1-2H3. The minimum atomic E-state index is -4.25. The molecule has 25 heavy (non-hydrogen) atoms. The Kier molecular flexibility index (Phi) is 7.94. The number of nitrogens with two attached hydrogens (primary N) is 1. The maximum atomic E-state index is 12.2. The van der Waals surface area contributed by atoms with Gasteiger partial charge in [-0.2, -0.15) is 13.2 Å². The first-order chi connectivity index (χ1) is 11.8. The summed E-state index contributed by atoms with van der Waals surface area (Å²) in [6.45, 7) is 0.483. The highest BCUT2D eigenvalue weighted by molar-refractivity contribution is 5.92. The van der Waals surface area contributed by atoms with E-state index in [2.05, 4.69) is 5.32 Å². The van der Waals surface area contributed by atoms with E-state index in [0.717, 1.165) is 12.1 Å². The highest BCUT2D eigenvalue weighted by Crippen LogP contribution is 2.34. The summed E-state index contributed by atoms with van der Waals surface area (Å²) >= 11 is 0. The van der Waals surface area contributed by atoms with Gasteiger partial charge in [0.05, 0.1) is 12.2 Å². The number of halogens is 3. The smallest absolute Gasteiger partial charge is 0.416 e. The summed E-state index contributed by atoms with van der Waals surface area (Å²) in [7, 11) is 3.75. The van der Waals surface area contributed by atoms with E-state index >= 15 is 0 Å². The first-order valence-corrected chi connectivity index (χ1v) is 7.55. The van der Waals surface area contributed by atoms with E-state index in [-0.39, 0.29) is 5.91 Å². The SMILES string of the molecule is CNC.FC(F)(F)c1ccc2c(c1)CCO2.NC(=O)c1ccccc1. The molecule has 136 valence electrons. The van der Waals surface area contributed by atoms with Crippen LogP contribution in [0.1, 0.15) is 21.5 Å². The van der Waals surface area contributed by atoms with Gasteiger partial charge in [0.25, 0.3) is 0 Å². The van der Waals surface area contributed by atoms with Gasteiger partial charge in [-0.25, -0.2) is 0 Å². The Bertz CT molecular complexity index is 674. The highest BCUT2D eigenvalue weighted by Gasteiger charge is 2.31. The van der Waals surface area contributed by atoms with Crippen molar-refractivity contribution in [1.29, 1.82) is 0 Å². The van der Waals surface area contributed by atoms with Crippen molar-refractivity contribution in [3.8, 4) is 5.75 Å². The van der Waals surface area contributed by atoms with Crippen LogP contribution in [0.2, 0.25) is 0 Å². The van der Waals surface area contributed by atoms with Crippen LogP contribution in [-0.2, 0) is 12.6 Å². The average Bonchev–Trinajstić information content (AvgIpc) is 3.04. The van der Waals surface area contributed by atoms with E-state index in [1.165, 1.54) is 6.07 Å². The van der Waals surface area contributed by atoms with E-state index in [4.69, 9.17) is 10.5 Å². The van der Waals surface area contributed by atoms with Gasteiger partial charge >= 0.3 is 6.18 Å². The van der Waals surface area contributed by atoms with Gasteiger partial charge in [0, 0.05) is 12.0 Å². The van der Waals surface area contributed by atoms with Crippen molar-refractivity contribution in [2.24, 2.45) is 5.73 Å². The molecule has 1 aliphatic rings. The van der Waals surface area contributed by atoms with Gasteiger partial charge in [-0.1, -0.05) is 18.2 Å². The number of nitrogens with one attached hydrogen (secondary N) is 1. The van der Waals surface area contributed by atoms with Crippen LogP contribution in [0.15, 0.2) is 48.5 Å². The van der Waals surface area contributed by atoms with Crippen LogP contribution in [0, 0.1) is 0 Å². The fraction of sp³-hybridized carbons (Fsp3) is 0.278. The van der Waals surface area contributed by atoms with Crippen LogP contribution in [-0.4, -0.2) is 26.6 Å². The van der Waals surface area contributed by atoms with Gasteiger partial charge in [-0.05, 0) is 50.0 Å². The second-order valence-corrected chi connectivity index (χ2v) is 5.15. The lowest BCUT2D eigenvalue weighted by Crippen LogP contribution is -2.09. The highest BCUT2D eigenvalue weighted by atomic mass is 19.4. The first kappa shape index (κ1) is 20.5. The zero-order chi connectivity index (χ0) is 18.9. The molecule has 1 amide bonds. The van der Waals surface area contributed by atoms with Crippen molar-refractivity contribution in [3.63, 3.8) is 0 Å². The largest absolute Gasteiger partial charge is 0.493 e. The fourth-order valence-electron chi connectivity index (χ4n) is 1.97. The monoisotopic (exact) mass is 354 g/mol. The minimum absolute atomic E-state index is 0.379. The quantitative estimate of drug-likeness (QED) is 0.826. The van der Waals surface area contributed by atoms with Crippen LogP contribution >= 0.6 is 0 Å². The molecule has 3 N–H and O–H groups in total. The number of hydrogen-bond donors (Lipinski definition) is 2. The summed E-state index contributed by atoms with van der Waals surface area (Å²) in [5.74, 6) is 0.198. The topological polar surface area (TPSA) is 64.3 Å². The molecule has 0 saturated carbocycles. The molecule has 4 nitrogen and oxygen atoms in total. The third kappa shape index (κ3) is 6.84. The molecule has 3 rings (SSSR count). The number of benzene rings is 2. The van der Waals surface area contributed by atoms with E-state index in [1.807, 2.05) is 20.2 Å². The summed E-state index contributed by atoms with van der Waals surface area (Å²) in [5.41, 5.74) is 5.58. The normalized spacial score (nSPS) is 11.9. The van der Waals surface area contributed by atoms with Crippen LogP contribution in [0.3, 0.4) is 0 Å². The maximum absolute atomic E-state index is 12.2. The molecule has 0 saturated heterocycles. The first-order valence-electron chi connectivity index (χ1n) is 7.55. The molecule has 0 fully saturated rings. The average molecular weight is 354 g/mol. The van der Waals surface area contributed by atoms with Gasteiger partial charge < -0.3 is 15.8 Å². The van der Waals surface area contributed by atoms with Gasteiger partial charge in [-0.3, -0.25) is 4.79 Å². The molecular formula is C18H21F3N2O2. The molecule has 2 aromatic rings. The molecule has 0 spiro atoms. The summed E-state index contributed by atoms with van der Waals surface area (Å²) in [6.07, 6.45) is -3.68. The predicted octanol–water partition coefficient (Wildman–Crippen LogP) is 3.26. The Morgan fingerprint density at radius 2 is 1.72 bits per heavy atom. The third-order valence-corrected chi connectivity index (χ3v) is 3.08. The van der Waals surface area contributed by atoms with E-state index in [0.29, 0.717) is 29.9 Å². The molecule has 0 aliphatic carbocycles. The van der Waals surface area contributed by atoms with Crippen LogP contribution < -0.4 is 15.8 Å². The van der Waals surface area contributed by atoms with E-state index in [1.54, 1.807) is 24.3 Å². The third-order valence-electron chi connectivity index (χ3n) is 3.08. The number of primary amides is 1. The molecule has 2 aromatic carbocycles. The second kappa shape index (κ2) is 9.68. The Morgan fingerprint density at radius 3 is 2.20 bits per heavy atom. The molecule has 0 aromatic heterocycles. The van der Waals surface area contributed by atoms with Crippen LogP contribution in [0.25, 0.3) is 0 Å². The number of carbonyl (C=O) groups excluding carboxylic acids is 1. The van der Waals surface area contributed by atoms with Crippen LogP contribution in [0.4, 0.5) is 13.2 Å². The number of fused-ring (bicyclic) bond motifs is 1. The number of amides is 1. The Balaban J connectivity index is 0.000000228. The molecule has 0 unspecified atom stereocenters. The lowest BCUT2D eigenvalue weighted by Gasteiger charge is -2.07. The van der Waals surface area contributed by atoms with Crippen molar-refractivity contribution in [1.82, 2.24) is 5.32 Å². The molecule has 0 radical (unpaired) electrons. The maximum Gasteiger partial charge on any atom is 0.416 e. The van der Waals surface area contributed by atoms with E-state index < -0.39 is 11.7 Å². The fourth-order valence-corrected chi connectivity index (χ4v) is 1.97.